The first-order valence-electron chi connectivity index (χ1n) is 24.9. The monoisotopic (exact) mass is 797 g/mol. The van der Waals surface area contributed by atoms with Crippen molar-refractivity contribution in [1.29, 1.82) is 0 Å². The molecule has 0 saturated carbocycles. The van der Waals surface area contributed by atoms with Gasteiger partial charge in [0.25, 0.3) is 0 Å². The van der Waals surface area contributed by atoms with E-state index < -0.39 is 6.10 Å². The van der Waals surface area contributed by atoms with Crippen LogP contribution in [0.3, 0.4) is 0 Å². The lowest BCUT2D eigenvalue weighted by Gasteiger charge is -2.16. The standard InChI is InChI=1S/C53H96O4/c1-3-5-7-9-11-13-15-17-19-21-23-25-26-27-28-29-30-32-34-36-38-40-42-44-46-48-53(55)57-52(50-54)51-56-49-47-45-43-41-39-37-35-33-31-24-22-20-18-16-14-12-10-8-6-4-2/h5,7,11,13,17-20,23,25,52,54H,3-4,6,8-10,12,14-16,21-22,24,26-51H2,1-2H3/b7-5-,13-11-,19-17-,20-18-,25-23-. The van der Waals surface area contributed by atoms with Crippen molar-refractivity contribution in [1.82, 2.24) is 0 Å². The summed E-state index contributed by atoms with van der Waals surface area (Å²) in [5, 5.41) is 9.65. The van der Waals surface area contributed by atoms with Crippen molar-refractivity contribution >= 4 is 5.97 Å². The van der Waals surface area contributed by atoms with Gasteiger partial charge in [0.1, 0.15) is 6.10 Å². The van der Waals surface area contributed by atoms with E-state index in [1.165, 1.54) is 180 Å². The molecule has 0 aliphatic heterocycles. The summed E-state index contributed by atoms with van der Waals surface area (Å²) in [6.07, 6.45) is 67.3. The molecule has 0 bridgehead atoms. The molecule has 0 amide bonds. The van der Waals surface area contributed by atoms with Crippen LogP contribution >= 0.6 is 0 Å². The number of hydrogen-bond acceptors (Lipinski definition) is 4. The maximum atomic E-state index is 12.3. The molecule has 57 heavy (non-hydrogen) atoms. The summed E-state index contributed by atoms with van der Waals surface area (Å²) in [5.74, 6) is -0.202. The van der Waals surface area contributed by atoms with Gasteiger partial charge in [-0.15, -0.1) is 0 Å². The number of carbonyl (C=O) groups excluding carboxylic acids is 1. The van der Waals surface area contributed by atoms with E-state index in [9.17, 15) is 9.90 Å². The Hall–Kier alpha value is -1.91. The van der Waals surface area contributed by atoms with E-state index in [1.54, 1.807) is 0 Å². The molecule has 4 nitrogen and oxygen atoms in total. The third-order valence-electron chi connectivity index (χ3n) is 10.8. The fourth-order valence-corrected chi connectivity index (χ4v) is 7.14. The molecule has 0 aliphatic rings. The Morgan fingerprint density at radius 2 is 0.789 bits per heavy atom. The molecule has 4 heteroatoms. The number of esters is 1. The maximum absolute atomic E-state index is 12.3. The van der Waals surface area contributed by atoms with Gasteiger partial charge in [0.15, 0.2) is 0 Å². The van der Waals surface area contributed by atoms with Crippen LogP contribution in [0.4, 0.5) is 0 Å². The van der Waals surface area contributed by atoms with Crippen molar-refractivity contribution in [3.05, 3.63) is 60.8 Å². The average molecular weight is 797 g/mol. The quantitative estimate of drug-likeness (QED) is 0.0379. The van der Waals surface area contributed by atoms with E-state index in [4.69, 9.17) is 9.47 Å². The molecule has 0 saturated heterocycles. The van der Waals surface area contributed by atoms with E-state index in [2.05, 4.69) is 74.6 Å². The normalized spacial score (nSPS) is 12.8. The lowest BCUT2D eigenvalue weighted by atomic mass is 10.0. The minimum Gasteiger partial charge on any atom is -0.457 e. The predicted molar refractivity (Wildman–Crippen MR) is 251 cm³/mol. The van der Waals surface area contributed by atoms with Crippen LogP contribution in [0.5, 0.6) is 0 Å². The molecule has 0 heterocycles. The number of allylic oxidation sites excluding steroid dienone is 10. The van der Waals surface area contributed by atoms with Crippen LogP contribution < -0.4 is 0 Å². The van der Waals surface area contributed by atoms with Crippen LogP contribution in [0.15, 0.2) is 60.8 Å². The Morgan fingerprint density at radius 1 is 0.439 bits per heavy atom. The smallest absolute Gasteiger partial charge is 0.306 e. The second kappa shape index (κ2) is 50.2. The fraction of sp³-hybridized carbons (Fsp3) is 0.792. The van der Waals surface area contributed by atoms with Crippen molar-refractivity contribution in [2.45, 2.75) is 251 Å². The highest BCUT2D eigenvalue weighted by Gasteiger charge is 2.13. The summed E-state index contributed by atoms with van der Waals surface area (Å²) >= 11 is 0. The second-order valence-corrected chi connectivity index (χ2v) is 16.5. The first-order valence-corrected chi connectivity index (χ1v) is 24.9. The molecule has 0 fully saturated rings. The molecule has 332 valence electrons. The Labute approximate surface area is 355 Å². The van der Waals surface area contributed by atoms with Crippen molar-refractivity contribution in [2.24, 2.45) is 0 Å². The largest absolute Gasteiger partial charge is 0.457 e. The second-order valence-electron chi connectivity index (χ2n) is 16.5. The zero-order valence-electron chi connectivity index (χ0n) is 38.1. The van der Waals surface area contributed by atoms with E-state index >= 15 is 0 Å². The Kier molecular flexibility index (Phi) is 48.6. The molecule has 0 aromatic rings. The molecule has 0 spiro atoms. The lowest BCUT2D eigenvalue weighted by Crippen LogP contribution is -2.27. The van der Waals surface area contributed by atoms with Gasteiger partial charge in [0.2, 0.25) is 0 Å². The Bertz CT molecular complexity index is 931. The molecule has 1 unspecified atom stereocenters. The van der Waals surface area contributed by atoms with E-state index in [1.807, 2.05) is 0 Å². The number of aliphatic hydroxyl groups is 1. The zero-order valence-corrected chi connectivity index (χ0v) is 38.1. The van der Waals surface area contributed by atoms with Gasteiger partial charge in [-0.25, -0.2) is 0 Å². The SMILES string of the molecule is CC/C=C\C/C=C\C/C=C\C/C=C\CCCCCCCCCCCCCCC(=O)OC(CO)COCCCCCCCCCCCC/C=C\CCCCCCCC. The van der Waals surface area contributed by atoms with Crippen molar-refractivity contribution in [2.75, 3.05) is 19.8 Å². The molecule has 1 N–H and O–H groups in total. The Morgan fingerprint density at radius 3 is 1.21 bits per heavy atom. The average Bonchev–Trinajstić information content (AvgIpc) is 3.22. The van der Waals surface area contributed by atoms with Crippen LogP contribution in [0.2, 0.25) is 0 Å². The van der Waals surface area contributed by atoms with Gasteiger partial charge < -0.3 is 14.6 Å². The van der Waals surface area contributed by atoms with Crippen molar-refractivity contribution < 1.29 is 19.4 Å². The fourth-order valence-electron chi connectivity index (χ4n) is 7.14. The molecule has 0 aromatic carbocycles. The van der Waals surface area contributed by atoms with E-state index in [0.717, 1.165) is 44.9 Å². The van der Waals surface area contributed by atoms with E-state index in [0.29, 0.717) is 19.6 Å². The zero-order chi connectivity index (χ0) is 41.2. The third kappa shape index (κ3) is 48.4. The van der Waals surface area contributed by atoms with Crippen molar-refractivity contribution in [3.8, 4) is 0 Å². The highest BCUT2D eigenvalue weighted by atomic mass is 16.6. The van der Waals surface area contributed by atoms with Crippen LogP contribution in [0.25, 0.3) is 0 Å². The molecule has 0 rings (SSSR count). The van der Waals surface area contributed by atoms with Crippen LogP contribution in [-0.4, -0.2) is 37.0 Å². The molecular formula is C53H96O4. The number of rotatable bonds is 46. The van der Waals surface area contributed by atoms with Gasteiger partial charge in [-0.2, -0.15) is 0 Å². The first-order chi connectivity index (χ1) is 28.2. The summed E-state index contributed by atoms with van der Waals surface area (Å²) in [5.41, 5.74) is 0. The van der Waals surface area contributed by atoms with Gasteiger partial charge in [0, 0.05) is 13.0 Å². The summed E-state index contributed by atoms with van der Waals surface area (Å²) in [6, 6.07) is 0. The summed E-state index contributed by atoms with van der Waals surface area (Å²) < 4.78 is 11.2. The minimum atomic E-state index is -0.538. The number of ether oxygens (including phenoxy) is 2. The van der Waals surface area contributed by atoms with E-state index in [-0.39, 0.29) is 12.6 Å². The van der Waals surface area contributed by atoms with Crippen molar-refractivity contribution in [3.63, 3.8) is 0 Å². The molecule has 1 atom stereocenters. The molecular weight excluding hydrogens is 701 g/mol. The number of aliphatic hydroxyl groups excluding tert-OH is 1. The van der Waals surface area contributed by atoms with Crippen LogP contribution in [0.1, 0.15) is 245 Å². The Balaban J connectivity index is 3.41. The third-order valence-corrected chi connectivity index (χ3v) is 10.8. The molecule has 0 aromatic heterocycles. The van der Waals surface area contributed by atoms with Gasteiger partial charge in [-0.3, -0.25) is 4.79 Å². The highest BCUT2D eigenvalue weighted by molar-refractivity contribution is 5.69. The molecule has 0 radical (unpaired) electrons. The summed E-state index contributed by atoms with van der Waals surface area (Å²) in [4.78, 5) is 12.3. The van der Waals surface area contributed by atoms with Crippen LogP contribution in [0, 0.1) is 0 Å². The van der Waals surface area contributed by atoms with Gasteiger partial charge >= 0.3 is 5.97 Å². The topological polar surface area (TPSA) is 55.8 Å². The summed E-state index contributed by atoms with van der Waals surface area (Å²) in [6.45, 7) is 5.25. The minimum absolute atomic E-state index is 0.173. The van der Waals surface area contributed by atoms with Crippen LogP contribution in [-0.2, 0) is 14.3 Å². The molecule has 0 aliphatic carbocycles. The number of carbonyl (C=O) groups is 1. The van der Waals surface area contributed by atoms with Gasteiger partial charge in [0.05, 0.1) is 13.2 Å². The number of unbranched alkanes of at least 4 members (excludes halogenated alkanes) is 28. The lowest BCUT2D eigenvalue weighted by molar-refractivity contribution is -0.154. The predicted octanol–water partition coefficient (Wildman–Crippen LogP) is 16.8. The highest BCUT2D eigenvalue weighted by Crippen LogP contribution is 2.15. The number of hydrogen-bond donors (Lipinski definition) is 1. The van der Waals surface area contributed by atoms with Gasteiger partial charge in [-0.1, -0.05) is 222 Å². The van der Waals surface area contributed by atoms with Gasteiger partial charge in [-0.05, 0) is 77.0 Å². The maximum Gasteiger partial charge on any atom is 0.306 e. The first kappa shape index (κ1) is 55.1. The summed E-state index contributed by atoms with van der Waals surface area (Å²) in [7, 11) is 0.